The molecule has 1 fully saturated rings. The lowest BCUT2D eigenvalue weighted by Gasteiger charge is -2.36. The third kappa shape index (κ3) is 3.77. The number of amides is 1. The summed E-state index contributed by atoms with van der Waals surface area (Å²) in [4.78, 5) is 23.0. The highest BCUT2D eigenvalue weighted by Gasteiger charge is 2.31. The Morgan fingerprint density at radius 1 is 1.35 bits per heavy atom. The second kappa shape index (κ2) is 8.14. The van der Waals surface area contributed by atoms with Gasteiger partial charge in [-0.15, -0.1) is 0 Å². The Morgan fingerprint density at radius 3 is 2.96 bits per heavy atom. The quantitative estimate of drug-likeness (QED) is 0.885. The maximum Gasteiger partial charge on any atom is 0.249 e. The number of benzene rings is 1. The number of piperidine rings is 1. The fourth-order valence-corrected chi connectivity index (χ4v) is 3.40. The molecule has 3 rings (SSSR count). The molecule has 1 atom stereocenters. The van der Waals surface area contributed by atoms with E-state index in [1.165, 1.54) is 7.11 Å². The molecule has 0 unspecified atom stereocenters. The van der Waals surface area contributed by atoms with Crippen LogP contribution in [0.5, 0.6) is 5.75 Å². The molecule has 0 aliphatic carbocycles. The molecule has 1 aromatic carbocycles. The second-order valence-electron chi connectivity index (χ2n) is 6.29. The smallest absolute Gasteiger partial charge is 0.249 e. The molecular weight excluding hydrogens is 332 g/mol. The minimum absolute atomic E-state index is 0.0361. The van der Waals surface area contributed by atoms with Gasteiger partial charge in [-0.25, -0.2) is 9.97 Å². The van der Waals surface area contributed by atoms with Crippen molar-refractivity contribution in [2.24, 2.45) is 0 Å². The second-order valence-corrected chi connectivity index (χ2v) is 6.29. The summed E-state index contributed by atoms with van der Waals surface area (Å²) in [6.07, 6.45) is 4.56. The molecular formula is C19H24N4O3. The number of carbonyl (C=O) groups is 1. The Hall–Kier alpha value is -2.67. The van der Waals surface area contributed by atoms with Gasteiger partial charge in [-0.05, 0) is 37.0 Å². The van der Waals surface area contributed by atoms with Crippen LogP contribution >= 0.6 is 0 Å². The number of nitrogens with two attached hydrogens (primary N) is 1. The van der Waals surface area contributed by atoms with Gasteiger partial charge in [0.1, 0.15) is 12.4 Å². The van der Waals surface area contributed by atoms with Crippen LogP contribution in [0.1, 0.15) is 31.0 Å². The molecule has 1 amide bonds. The van der Waals surface area contributed by atoms with E-state index < -0.39 is 0 Å². The summed E-state index contributed by atoms with van der Waals surface area (Å²) >= 11 is 0. The molecule has 1 saturated heterocycles. The summed E-state index contributed by atoms with van der Waals surface area (Å²) in [5, 5.41) is 0. The van der Waals surface area contributed by atoms with Crippen LogP contribution in [0.15, 0.2) is 30.5 Å². The van der Waals surface area contributed by atoms with E-state index in [0.717, 1.165) is 41.8 Å². The van der Waals surface area contributed by atoms with E-state index in [-0.39, 0.29) is 24.5 Å². The van der Waals surface area contributed by atoms with Crippen molar-refractivity contribution in [3.8, 4) is 16.9 Å². The third-order valence-corrected chi connectivity index (χ3v) is 4.62. The van der Waals surface area contributed by atoms with Gasteiger partial charge in [-0.1, -0.05) is 12.1 Å². The van der Waals surface area contributed by atoms with Crippen LogP contribution in [-0.4, -0.2) is 48.1 Å². The molecule has 0 spiro atoms. The standard InChI is InChI=1S/C19H24N4O3/c1-25-12-17(24)23-9-4-3-8-16(23)18-15(11-21-19(20)22-18)13-6-5-7-14(10-13)26-2/h5-7,10-11,16H,3-4,8-9,12H2,1-2H3,(H2,20,21,22)/t16-/m1/s1. The number of rotatable bonds is 5. The van der Waals surface area contributed by atoms with Gasteiger partial charge in [-0.2, -0.15) is 0 Å². The highest BCUT2D eigenvalue weighted by atomic mass is 16.5. The van der Waals surface area contributed by atoms with Gasteiger partial charge in [0, 0.05) is 25.4 Å². The third-order valence-electron chi connectivity index (χ3n) is 4.62. The summed E-state index contributed by atoms with van der Waals surface area (Å²) in [5.41, 5.74) is 8.44. The molecule has 1 aliphatic rings. The van der Waals surface area contributed by atoms with Crippen LogP contribution < -0.4 is 10.5 Å². The molecule has 2 heterocycles. The van der Waals surface area contributed by atoms with Gasteiger partial charge in [0.2, 0.25) is 11.9 Å². The Labute approximate surface area is 153 Å². The Morgan fingerprint density at radius 2 is 2.19 bits per heavy atom. The van der Waals surface area contributed by atoms with Crippen LogP contribution in [0.4, 0.5) is 5.95 Å². The first-order valence-corrected chi connectivity index (χ1v) is 8.69. The first-order chi connectivity index (χ1) is 12.6. The largest absolute Gasteiger partial charge is 0.497 e. The minimum Gasteiger partial charge on any atom is -0.497 e. The summed E-state index contributed by atoms with van der Waals surface area (Å²) < 4.78 is 10.4. The fourth-order valence-electron chi connectivity index (χ4n) is 3.40. The maximum atomic E-state index is 12.5. The highest BCUT2D eigenvalue weighted by Crippen LogP contribution is 2.36. The van der Waals surface area contributed by atoms with Crippen LogP contribution in [0.2, 0.25) is 0 Å². The van der Waals surface area contributed by atoms with E-state index in [1.54, 1.807) is 13.3 Å². The zero-order chi connectivity index (χ0) is 18.5. The van der Waals surface area contributed by atoms with E-state index in [2.05, 4.69) is 9.97 Å². The van der Waals surface area contributed by atoms with Crippen LogP contribution in [-0.2, 0) is 9.53 Å². The number of anilines is 1. The van der Waals surface area contributed by atoms with Crippen molar-refractivity contribution in [1.29, 1.82) is 0 Å². The number of ether oxygens (including phenoxy) is 2. The number of likely N-dealkylation sites (tertiary alicyclic amines) is 1. The van der Waals surface area contributed by atoms with E-state index >= 15 is 0 Å². The van der Waals surface area contributed by atoms with Gasteiger partial charge in [0.25, 0.3) is 0 Å². The SMILES string of the molecule is COCC(=O)N1CCCC[C@@H]1c1nc(N)ncc1-c1cccc(OC)c1. The Kier molecular flexibility index (Phi) is 5.68. The fraction of sp³-hybridized carbons (Fsp3) is 0.421. The number of hydrogen-bond donors (Lipinski definition) is 1. The average molecular weight is 356 g/mol. The van der Waals surface area contributed by atoms with Crippen LogP contribution in [0.25, 0.3) is 11.1 Å². The first kappa shape index (κ1) is 18.1. The van der Waals surface area contributed by atoms with E-state index in [0.29, 0.717) is 6.54 Å². The zero-order valence-electron chi connectivity index (χ0n) is 15.1. The summed E-state index contributed by atoms with van der Waals surface area (Å²) in [6.45, 7) is 0.750. The molecule has 1 aliphatic heterocycles. The topological polar surface area (TPSA) is 90.6 Å². The normalized spacial score (nSPS) is 17.2. The molecule has 2 aromatic rings. The molecule has 2 N–H and O–H groups in total. The lowest BCUT2D eigenvalue weighted by Crippen LogP contribution is -2.41. The molecule has 0 saturated carbocycles. The number of nitrogen functional groups attached to an aromatic ring is 1. The number of nitrogens with zero attached hydrogens (tertiary/aromatic N) is 3. The Bertz CT molecular complexity index is 781. The molecule has 138 valence electrons. The van der Waals surface area contributed by atoms with Gasteiger partial charge in [0.15, 0.2) is 0 Å². The lowest BCUT2D eigenvalue weighted by molar-refractivity contribution is -0.139. The van der Waals surface area contributed by atoms with Crippen molar-refractivity contribution < 1.29 is 14.3 Å². The number of aromatic nitrogens is 2. The van der Waals surface area contributed by atoms with E-state index in [9.17, 15) is 4.79 Å². The molecule has 26 heavy (non-hydrogen) atoms. The minimum atomic E-state index is -0.141. The summed E-state index contributed by atoms with van der Waals surface area (Å²) in [5.74, 6) is 0.920. The van der Waals surface area contributed by atoms with Crippen molar-refractivity contribution >= 4 is 11.9 Å². The molecule has 0 radical (unpaired) electrons. The van der Waals surface area contributed by atoms with Crippen molar-refractivity contribution in [3.05, 3.63) is 36.2 Å². The van der Waals surface area contributed by atoms with Crippen molar-refractivity contribution in [1.82, 2.24) is 14.9 Å². The molecule has 1 aromatic heterocycles. The summed E-state index contributed by atoms with van der Waals surface area (Å²) in [6, 6.07) is 7.57. The zero-order valence-corrected chi connectivity index (χ0v) is 15.1. The van der Waals surface area contributed by atoms with Gasteiger partial charge < -0.3 is 20.1 Å². The molecule has 0 bridgehead atoms. The first-order valence-electron chi connectivity index (χ1n) is 8.69. The Balaban J connectivity index is 2.05. The predicted molar refractivity (Wildman–Crippen MR) is 98.6 cm³/mol. The van der Waals surface area contributed by atoms with Crippen molar-refractivity contribution in [3.63, 3.8) is 0 Å². The van der Waals surface area contributed by atoms with Gasteiger partial charge >= 0.3 is 0 Å². The van der Waals surface area contributed by atoms with Gasteiger partial charge in [0.05, 0.1) is 18.8 Å². The lowest BCUT2D eigenvalue weighted by atomic mass is 9.93. The number of hydrogen-bond acceptors (Lipinski definition) is 6. The van der Waals surface area contributed by atoms with Crippen molar-refractivity contribution in [2.45, 2.75) is 25.3 Å². The predicted octanol–water partition coefficient (Wildman–Crippen LogP) is 2.43. The number of methoxy groups -OCH3 is 2. The highest BCUT2D eigenvalue weighted by molar-refractivity contribution is 5.78. The summed E-state index contributed by atoms with van der Waals surface area (Å²) in [7, 11) is 3.16. The van der Waals surface area contributed by atoms with Gasteiger partial charge in [-0.3, -0.25) is 4.79 Å². The van der Waals surface area contributed by atoms with Crippen molar-refractivity contribution in [2.75, 3.05) is 33.1 Å². The monoisotopic (exact) mass is 356 g/mol. The maximum absolute atomic E-state index is 12.5. The molecule has 7 heteroatoms. The van der Waals surface area contributed by atoms with Crippen LogP contribution in [0, 0.1) is 0 Å². The molecule has 7 nitrogen and oxygen atoms in total. The van der Waals surface area contributed by atoms with E-state index in [1.807, 2.05) is 29.2 Å². The average Bonchev–Trinajstić information content (AvgIpc) is 2.68. The van der Waals surface area contributed by atoms with E-state index in [4.69, 9.17) is 15.2 Å². The van der Waals surface area contributed by atoms with Crippen LogP contribution in [0.3, 0.4) is 0 Å². The number of carbonyl (C=O) groups excluding carboxylic acids is 1.